The van der Waals surface area contributed by atoms with Crippen LogP contribution in [-0.4, -0.2) is 42.0 Å². The zero-order valence-electron chi connectivity index (χ0n) is 30.1. The lowest BCUT2D eigenvalue weighted by molar-refractivity contribution is -0.142. The number of carboxylic acid groups (broad SMARTS) is 1. The normalized spacial score (nSPS) is 13.4. The molecule has 1 aliphatic rings. The van der Waals surface area contributed by atoms with Crippen molar-refractivity contribution in [1.82, 2.24) is 24.7 Å². The molecule has 7 rings (SSSR count). The second kappa shape index (κ2) is 14.2. The minimum Gasteiger partial charge on any atom is -0.486 e. The third-order valence-electron chi connectivity index (χ3n) is 9.50. The molecule has 51 heavy (non-hydrogen) atoms. The maximum Gasteiger partial charge on any atom is 0.328 e. The maximum absolute atomic E-state index is 12.0. The number of hydrogen-bond donors (Lipinski definition) is 2. The molecule has 3 aromatic carbocycles. The second-order valence-corrected chi connectivity index (χ2v) is 13.6. The lowest BCUT2D eigenvalue weighted by Gasteiger charge is -2.22. The molecule has 0 aliphatic heterocycles. The highest BCUT2D eigenvalue weighted by atomic mass is 35.5. The molecule has 0 saturated heterocycles. The molecule has 2 N–H and O–H groups in total. The average Bonchev–Trinajstić information content (AvgIpc) is 3.86. The van der Waals surface area contributed by atoms with E-state index in [1.165, 1.54) is 16.5 Å². The summed E-state index contributed by atoms with van der Waals surface area (Å²) in [7, 11) is 0. The van der Waals surface area contributed by atoms with Crippen LogP contribution in [0.1, 0.15) is 91.8 Å². The zero-order valence-corrected chi connectivity index (χ0v) is 30.9. The predicted molar refractivity (Wildman–Crippen MR) is 206 cm³/mol. The van der Waals surface area contributed by atoms with Gasteiger partial charge in [-0.25, -0.2) is 19.7 Å². The van der Waals surface area contributed by atoms with Gasteiger partial charge in [-0.3, -0.25) is 4.68 Å². The molecule has 3 aromatic heterocycles. The Hall–Kier alpha value is -5.15. The van der Waals surface area contributed by atoms with Gasteiger partial charge in [-0.05, 0) is 91.5 Å². The van der Waals surface area contributed by atoms with E-state index in [1.807, 2.05) is 59.7 Å². The first-order valence-electron chi connectivity index (χ1n) is 17.4. The minimum atomic E-state index is -0.956. The summed E-state index contributed by atoms with van der Waals surface area (Å²) < 4.78 is 8.34. The SMILES string of the molecule is C=Cc1nc(C)c2cc(C3CC3)c(-c3c(C)ccc(C)c3C=N)c(OCc3ccc4c(c3)nc(Cl)c3nn(C(C(=O)O)C(C)C)cc34)c2n1.CC. The van der Waals surface area contributed by atoms with Crippen molar-refractivity contribution in [3.8, 4) is 16.9 Å². The molecule has 3 heterocycles. The van der Waals surface area contributed by atoms with Crippen molar-refractivity contribution in [1.29, 1.82) is 5.41 Å². The molecule has 1 aliphatic carbocycles. The Morgan fingerprint density at radius 3 is 2.39 bits per heavy atom. The standard InChI is InChI=1S/C39H37ClN6O3.C2H6/c1-7-31-42-22(6)26-15-27(24-11-12-24)33(32-21(5)9-8-20(4)28(32)16-41)37(34(26)44-31)49-18-23-10-13-25-29-17-46(36(19(2)3)39(47)48)45-35(29)38(40)43-30(25)14-23;1-2/h7-10,13-17,19,24,36,41H,1,11-12,18H2,2-6H3,(H,47,48);1-2H3. The van der Waals surface area contributed by atoms with Crippen LogP contribution >= 0.6 is 11.6 Å². The van der Waals surface area contributed by atoms with Gasteiger partial charge in [-0.2, -0.15) is 5.10 Å². The van der Waals surface area contributed by atoms with E-state index in [0.717, 1.165) is 68.1 Å². The molecule has 1 saturated carbocycles. The molecule has 0 radical (unpaired) electrons. The monoisotopic (exact) mass is 702 g/mol. The third-order valence-corrected chi connectivity index (χ3v) is 9.76. The van der Waals surface area contributed by atoms with Gasteiger partial charge in [-0.1, -0.05) is 70.1 Å². The number of nitrogens with one attached hydrogen (secondary N) is 1. The molecule has 0 bridgehead atoms. The number of ether oxygens (including phenoxy) is 1. The van der Waals surface area contributed by atoms with E-state index in [4.69, 9.17) is 26.7 Å². The van der Waals surface area contributed by atoms with Crippen LogP contribution in [0, 0.1) is 32.1 Å². The zero-order chi connectivity index (χ0) is 36.7. The van der Waals surface area contributed by atoms with Crippen molar-refractivity contribution in [3.63, 3.8) is 0 Å². The topological polar surface area (TPSA) is 127 Å². The fourth-order valence-corrected chi connectivity index (χ4v) is 7.10. The summed E-state index contributed by atoms with van der Waals surface area (Å²) in [5.41, 5.74) is 9.60. The quantitative estimate of drug-likeness (QED) is 0.107. The number of fused-ring (bicyclic) bond motifs is 4. The fourth-order valence-electron chi connectivity index (χ4n) is 6.87. The molecule has 1 unspecified atom stereocenters. The van der Waals surface area contributed by atoms with Gasteiger partial charge in [0.1, 0.15) is 17.6 Å². The Kier molecular flexibility index (Phi) is 9.95. The van der Waals surface area contributed by atoms with E-state index in [2.05, 4.69) is 46.8 Å². The third kappa shape index (κ3) is 6.47. The molecule has 1 atom stereocenters. The van der Waals surface area contributed by atoms with E-state index in [-0.39, 0.29) is 17.7 Å². The Labute approximate surface area is 302 Å². The number of hydrogen-bond acceptors (Lipinski definition) is 7. The van der Waals surface area contributed by atoms with Crippen LogP contribution in [-0.2, 0) is 11.4 Å². The number of nitrogens with zero attached hydrogens (tertiary/aromatic N) is 5. The summed E-state index contributed by atoms with van der Waals surface area (Å²) in [6.07, 6.45) is 6.99. The number of aromatic nitrogens is 5. The summed E-state index contributed by atoms with van der Waals surface area (Å²) in [6, 6.07) is 11.4. The number of rotatable bonds is 10. The van der Waals surface area contributed by atoms with E-state index in [1.54, 1.807) is 12.3 Å². The number of carbonyl (C=O) groups is 1. The van der Waals surface area contributed by atoms with Gasteiger partial charge in [0.15, 0.2) is 22.8 Å². The summed E-state index contributed by atoms with van der Waals surface area (Å²) in [5.74, 6) is 0.419. The predicted octanol–water partition coefficient (Wildman–Crippen LogP) is 10.2. The molecule has 262 valence electrons. The van der Waals surface area contributed by atoms with Crippen molar-refractivity contribution in [3.05, 3.63) is 93.7 Å². The van der Waals surface area contributed by atoms with E-state index in [0.29, 0.717) is 34.0 Å². The lowest BCUT2D eigenvalue weighted by Crippen LogP contribution is -2.24. The highest BCUT2D eigenvalue weighted by Crippen LogP contribution is 2.51. The first kappa shape index (κ1) is 35.7. The highest BCUT2D eigenvalue weighted by Gasteiger charge is 2.32. The van der Waals surface area contributed by atoms with E-state index in [9.17, 15) is 9.90 Å². The first-order valence-corrected chi connectivity index (χ1v) is 17.8. The second-order valence-electron chi connectivity index (χ2n) is 13.3. The van der Waals surface area contributed by atoms with Gasteiger partial charge in [-0.15, -0.1) is 0 Å². The van der Waals surface area contributed by atoms with Gasteiger partial charge >= 0.3 is 5.97 Å². The van der Waals surface area contributed by atoms with Crippen LogP contribution in [0.4, 0.5) is 0 Å². The summed E-state index contributed by atoms with van der Waals surface area (Å²) in [5, 5.41) is 25.5. The van der Waals surface area contributed by atoms with Crippen molar-refractivity contribution >= 4 is 62.6 Å². The number of pyridine rings is 1. The number of aryl methyl sites for hydroxylation is 3. The molecule has 1 fully saturated rings. The van der Waals surface area contributed by atoms with Crippen LogP contribution in [0.15, 0.2) is 49.2 Å². The Balaban J connectivity index is 0.00000220. The van der Waals surface area contributed by atoms with Gasteiger partial charge in [0.2, 0.25) is 0 Å². The Morgan fingerprint density at radius 1 is 1.02 bits per heavy atom. The van der Waals surface area contributed by atoms with Gasteiger partial charge < -0.3 is 15.3 Å². The average molecular weight is 703 g/mol. The van der Waals surface area contributed by atoms with Crippen molar-refractivity contribution in [2.75, 3.05) is 0 Å². The Morgan fingerprint density at radius 2 is 1.75 bits per heavy atom. The highest BCUT2D eigenvalue weighted by molar-refractivity contribution is 6.35. The fraction of sp³-hybridized carbons (Fsp3) is 0.317. The molecule has 9 nitrogen and oxygen atoms in total. The summed E-state index contributed by atoms with van der Waals surface area (Å²) >= 11 is 6.64. The molecular weight excluding hydrogens is 660 g/mol. The van der Waals surface area contributed by atoms with Crippen molar-refractivity contribution in [2.45, 2.75) is 79.9 Å². The van der Waals surface area contributed by atoms with Crippen LogP contribution in [0.25, 0.3) is 49.9 Å². The molecular formula is C41H43ClN6O3. The smallest absolute Gasteiger partial charge is 0.328 e. The van der Waals surface area contributed by atoms with Crippen LogP contribution in [0.5, 0.6) is 5.75 Å². The largest absolute Gasteiger partial charge is 0.486 e. The minimum absolute atomic E-state index is 0.178. The maximum atomic E-state index is 12.0. The number of carboxylic acids is 1. The van der Waals surface area contributed by atoms with Crippen LogP contribution in [0.2, 0.25) is 5.15 Å². The first-order chi connectivity index (χ1) is 24.5. The number of halogens is 1. The number of benzene rings is 3. The van der Waals surface area contributed by atoms with Gasteiger partial charge in [0.25, 0.3) is 0 Å². The molecule has 10 heteroatoms. The van der Waals surface area contributed by atoms with Gasteiger partial charge in [0, 0.05) is 45.4 Å². The van der Waals surface area contributed by atoms with E-state index < -0.39 is 12.0 Å². The van der Waals surface area contributed by atoms with Gasteiger partial charge in [0.05, 0.1) is 5.52 Å². The lowest BCUT2D eigenvalue weighted by atomic mass is 9.86. The summed E-state index contributed by atoms with van der Waals surface area (Å²) in [6.45, 7) is 17.9. The number of aliphatic carboxylic acids is 1. The Bertz CT molecular complexity index is 2360. The van der Waals surface area contributed by atoms with E-state index >= 15 is 0 Å². The summed E-state index contributed by atoms with van der Waals surface area (Å²) in [4.78, 5) is 26.3. The van der Waals surface area contributed by atoms with Crippen molar-refractivity contribution in [2.24, 2.45) is 5.92 Å². The molecule has 0 spiro atoms. The van der Waals surface area contributed by atoms with Crippen LogP contribution in [0.3, 0.4) is 0 Å². The molecule has 0 amide bonds. The van der Waals surface area contributed by atoms with Crippen LogP contribution < -0.4 is 4.74 Å². The van der Waals surface area contributed by atoms with Crippen molar-refractivity contribution < 1.29 is 14.6 Å². The molecule has 6 aromatic rings.